The van der Waals surface area contributed by atoms with E-state index >= 15 is 0 Å². The van der Waals surface area contributed by atoms with Crippen LogP contribution >= 0.6 is 0 Å². The van der Waals surface area contributed by atoms with Crippen LogP contribution in [0.3, 0.4) is 0 Å². The van der Waals surface area contributed by atoms with Crippen molar-refractivity contribution in [3.8, 4) is 5.75 Å². The molecule has 0 saturated carbocycles. The molecule has 1 aliphatic carbocycles. The normalized spacial score (nSPS) is 14.4. The third kappa shape index (κ3) is 4.33. The van der Waals surface area contributed by atoms with Crippen molar-refractivity contribution in [2.75, 3.05) is 27.2 Å². The van der Waals surface area contributed by atoms with Gasteiger partial charge in [0.25, 0.3) is 5.91 Å². The van der Waals surface area contributed by atoms with Crippen LogP contribution in [0.4, 0.5) is 0 Å². The van der Waals surface area contributed by atoms with Crippen LogP contribution in [0.2, 0.25) is 0 Å². The van der Waals surface area contributed by atoms with Crippen LogP contribution in [-0.2, 0) is 17.6 Å². The quantitative estimate of drug-likeness (QED) is 0.561. The monoisotopic (exact) mass is 373 g/mol. The Morgan fingerprint density at radius 2 is 2.04 bits per heavy atom. The molecule has 0 unspecified atom stereocenters. The number of carbonyl (C=O) groups is 1. The van der Waals surface area contributed by atoms with Crippen LogP contribution in [0.15, 0.2) is 21.3 Å². The highest BCUT2D eigenvalue weighted by Gasteiger charge is 2.24. The molecule has 1 aromatic heterocycles. The minimum Gasteiger partial charge on any atom is -0.480 e. The molecule has 6 nitrogen and oxygen atoms in total. The van der Waals surface area contributed by atoms with Crippen LogP contribution in [0, 0.1) is 6.92 Å². The molecular weight excluding hydrogens is 344 g/mol. The SMILES string of the molecule is Cc1cc(O[C@H](C)C(=O)NCCC[NH+](C)C)c2c3c(c(=O)oc2c1)CCC3. The molecule has 0 fully saturated rings. The molecule has 1 atom stereocenters. The van der Waals surface area contributed by atoms with Crippen molar-refractivity contribution in [2.24, 2.45) is 0 Å². The molecule has 6 heteroatoms. The van der Waals surface area contributed by atoms with Crippen molar-refractivity contribution in [3.63, 3.8) is 0 Å². The first-order valence-corrected chi connectivity index (χ1v) is 9.69. The zero-order valence-corrected chi connectivity index (χ0v) is 16.6. The Labute approximate surface area is 159 Å². The van der Waals surface area contributed by atoms with Crippen molar-refractivity contribution in [3.05, 3.63) is 39.2 Å². The third-order valence-corrected chi connectivity index (χ3v) is 5.00. The van der Waals surface area contributed by atoms with Crippen molar-refractivity contribution in [2.45, 2.75) is 45.6 Å². The summed E-state index contributed by atoms with van der Waals surface area (Å²) in [6, 6.07) is 3.77. The second-order valence-electron chi connectivity index (χ2n) is 7.70. The van der Waals surface area contributed by atoms with Crippen molar-refractivity contribution >= 4 is 16.9 Å². The second-order valence-corrected chi connectivity index (χ2v) is 7.70. The fourth-order valence-electron chi connectivity index (χ4n) is 3.64. The van der Waals surface area contributed by atoms with Gasteiger partial charge in [0.1, 0.15) is 11.3 Å². The molecule has 0 saturated heterocycles. The number of amides is 1. The second kappa shape index (κ2) is 8.13. The van der Waals surface area contributed by atoms with Crippen molar-refractivity contribution in [1.29, 1.82) is 0 Å². The first-order chi connectivity index (χ1) is 12.9. The number of benzene rings is 1. The highest BCUT2D eigenvalue weighted by molar-refractivity contribution is 5.89. The van der Waals surface area contributed by atoms with E-state index in [1.807, 2.05) is 19.1 Å². The summed E-state index contributed by atoms with van der Waals surface area (Å²) < 4.78 is 11.6. The fourth-order valence-corrected chi connectivity index (χ4v) is 3.64. The summed E-state index contributed by atoms with van der Waals surface area (Å²) in [5, 5.41) is 3.77. The Balaban J connectivity index is 1.81. The maximum Gasteiger partial charge on any atom is 0.339 e. The smallest absolute Gasteiger partial charge is 0.339 e. The molecule has 1 heterocycles. The van der Waals surface area contributed by atoms with E-state index in [9.17, 15) is 9.59 Å². The molecule has 27 heavy (non-hydrogen) atoms. The van der Waals surface area contributed by atoms with Gasteiger partial charge in [0.2, 0.25) is 0 Å². The van der Waals surface area contributed by atoms with E-state index in [0.717, 1.165) is 54.3 Å². The summed E-state index contributed by atoms with van der Waals surface area (Å²) in [4.78, 5) is 25.9. The summed E-state index contributed by atoms with van der Waals surface area (Å²) in [7, 11) is 4.18. The number of nitrogens with one attached hydrogen (secondary N) is 2. The third-order valence-electron chi connectivity index (χ3n) is 5.00. The molecule has 1 aliphatic rings. The number of aryl methyl sites for hydroxylation is 2. The first-order valence-electron chi connectivity index (χ1n) is 9.69. The van der Waals surface area contributed by atoms with E-state index in [1.165, 1.54) is 4.90 Å². The molecule has 0 spiro atoms. The van der Waals surface area contributed by atoms with Gasteiger partial charge in [-0.15, -0.1) is 0 Å². The van der Waals surface area contributed by atoms with Gasteiger partial charge in [-0.25, -0.2) is 4.79 Å². The van der Waals surface area contributed by atoms with Crippen LogP contribution < -0.4 is 20.6 Å². The molecule has 1 aromatic carbocycles. The average Bonchev–Trinajstić information content (AvgIpc) is 3.08. The summed E-state index contributed by atoms with van der Waals surface area (Å²) in [5.74, 6) is 0.486. The molecule has 1 amide bonds. The largest absolute Gasteiger partial charge is 0.480 e. The van der Waals surface area contributed by atoms with E-state index < -0.39 is 6.10 Å². The number of hydrogen-bond acceptors (Lipinski definition) is 4. The summed E-state index contributed by atoms with van der Waals surface area (Å²) in [6.07, 6.45) is 2.82. The minimum atomic E-state index is -0.620. The number of ether oxygens (including phenoxy) is 1. The van der Waals surface area contributed by atoms with Crippen LogP contribution in [0.25, 0.3) is 11.0 Å². The maximum absolute atomic E-state index is 12.4. The Kier molecular flexibility index (Phi) is 5.85. The number of fused-ring (bicyclic) bond motifs is 3. The molecular formula is C21H29N2O4+. The van der Waals surface area contributed by atoms with E-state index in [-0.39, 0.29) is 11.5 Å². The predicted molar refractivity (Wildman–Crippen MR) is 105 cm³/mol. The number of hydrogen-bond donors (Lipinski definition) is 2. The van der Waals surface area contributed by atoms with Gasteiger partial charge >= 0.3 is 5.63 Å². The Morgan fingerprint density at radius 3 is 2.78 bits per heavy atom. The minimum absolute atomic E-state index is 0.132. The van der Waals surface area contributed by atoms with Crippen molar-refractivity contribution in [1.82, 2.24) is 5.32 Å². The summed E-state index contributed by atoms with van der Waals surface area (Å²) in [6.45, 7) is 5.31. The molecule has 0 aliphatic heterocycles. The zero-order valence-electron chi connectivity index (χ0n) is 16.6. The van der Waals surface area contributed by atoms with Gasteiger partial charge in [0, 0.05) is 18.5 Å². The lowest BCUT2D eigenvalue weighted by Crippen LogP contribution is -3.05. The van der Waals surface area contributed by atoms with Gasteiger partial charge in [-0.3, -0.25) is 4.79 Å². The molecule has 0 radical (unpaired) electrons. The number of quaternary nitrogens is 1. The van der Waals surface area contributed by atoms with Gasteiger partial charge in [-0.2, -0.15) is 0 Å². The highest BCUT2D eigenvalue weighted by Crippen LogP contribution is 2.35. The maximum atomic E-state index is 12.4. The van der Waals surface area contributed by atoms with Crippen LogP contribution in [0.1, 0.15) is 36.5 Å². The van der Waals surface area contributed by atoms with Gasteiger partial charge in [0.05, 0.1) is 26.0 Å². The standard InChI is InChI=1S/C21H28N2O4/c1-13-11-17(26-14(2)20(24)22-9-6-10-23(3)4)19-15-7-5-8-16(15)21(25)27-18(19)12-13/h11-12,14H,5-10H2,1-4H3,(H,22,24)/p+1/t14-/m1/s1. The van der Waals surface area contributed by atoms with Gasteiger partial charge in [-0.1, -0.05) is 0 Å². The molecule has 2 N–H and O–H groups in total. The van der Waals surface area contributed by atoms with Crippen LogP contribution in [0.5, 0.6) is 5.75 Å². The zero-order chi connectivity index (χ0) is 19.6. The van der Waals surface area contributed by atoms with Crippen LogP contribution in [-0.4, -0.2) is 39.2 Å². The van der Waals surface area contributed by atoms with E-state index in [2.05, 4.69) is 19.4 Å². The van der Waals surface area contributed by atoms with Crippen molar-refractivity contribution < 1.29 is 18.8 Å². The molecule has 0 bridgehead atoms. The van der Waals surface area contributed by atoms with Gasteiger partial charge in [-0.05, 0) is 56.4 Å². The Bertz CT molecular complexity index is 901. The van der Waals surface area contributed by atoms with E-state index in [1.54, 1.807) is 6.92 Å². The van der Waals surface area contributed by atoms with E-state index in [4.69, 9.17) is 9.15 Å². The number of rotatable bonds is 7. The lowest BCUT2D eigenvalue weighted by Gasteiger charge is -2.18. The highest BCUT2D eigenvalue weighted by atomic mass is 16.5. The molecule has 3 rings (SSSR count). The summed E-state index contributed by atoms with van der Waals surface area (Å²) >= 11 is 0. The molecule has 2 aromatic rings. The lowest BCUT2D eigenvalue weighted by atomic mass is 10.0. The number of carbonyl (C=O) groups excluding carboxylic acids is 1. The van der Waals surface area contributed by atoms with Gasteiger partial charge in [0.15, 0.2) is 6.10 Å². The van der Waals surface area contributed by atoms with E-state index in [0.29, 0.717) is 17.9 Å². The first kappa shape index (κ1) is 19.4. The summed E-state index contributed by atoms with van der Waals surface area (Å²) in [5.41, 5.74) is 2.98. The average molecular weight is 373 g/mol. The fraction of sp³-hybridized carbons (Fsp3) is 0.524. The molecule has 146 valence electrons. The predicted octanol–water partition coefficient (Wildman–Crippen LogP) is 1.01. The lowest BCUT2D eigenvalue weighted by molar-refractivity contribution is -0.858. The van der Waals surface area contributed by atoms with Gasteiger partial charge < -0.3 is 19.4 Å². The topological polar surface area (TPSA) is 73.0 Å². The Morgan fingerprint density at radius 1 is 1.30 bits per heavy atom. The Hall–Kier alpha value is -2.34.